The highest BCUT2D eigenvalue weighted by atomic mass is 19.1. The second kappa shape index (κ2) is 10.8. The number of likely N-dealkylation sites (tertiary alicyclic amines) is 1. The molecule has 33 heavy (non-hydrogen) atoms. The lowest BCUT2D eigenvalue weighted by Crippen LogP contribution is -2.39. The first-order valence-corrected chi connectivity index (χ1v) is 11.5. The molecule has 2 fully saturated rings. The first-order chi connectivity index (χ1) is 16.0. The number of carboxylic acids is 1. The number of benzene rings is 2. The van der Waals surface area contributed by atoms with E-state index in [2.05, 4.69) is 0 Å². The normalized spacial score (nSPS) is 20.5. The Labute approximate surface area is 193 Å². The number of amides is 1. The molecule has 1 amide bonds. The zero-order chi connectivity index (χ0) is 23.2. The first kappa shape index (κ1) is 23.2. The van der Waals surface area contributed by atoms with Gasteiger partial charge in [0, 0.05) is 18.7 Å². The molecule has 176 valence electrons. The number of nitrogens with zero attached hydrogens (tertiary/aromatic N) is 1. The van der Waals surface area contributed by atoms with Crippen molar-refractivity contribution in [2.75, 3.05) is 19.7 Å². The highest BCUT2D eigenvalue weighted by Crippen LogP contribution is 2.48. The third-order valence-electron chi connectivity index (χ3n) is 6.65. The van der Waals surface area contributed by atoms with E-state index >= 15 is 0 Å². The number of hydrogen-bond donors (Lipinski definition) is 1. The average Bonchev–Trinajstić information content (AvgIpc) is 3.59. The van der Waals surface area contributed by atoms with Crippen molar-refractivity contribution >= 4 is 12.1 Å². The number of rotatable bonds is 9. The van der Waals surface area contributed by atoms with Crippen molar-refractivity contribution in [1.29, 1.82) is 0 Å². The fraction of sp³-hybridized carbons (Fsp3) is 0.462. The molecule has 2 aromatic carbocycles. The van der Waals surface area contributed by atoms with Crippen molar-refractivity contribution < 1.29 is 28.6 Å². The monoisotopic (exact) mass is 455 g/mol. The predicted molar refractivity (Wildman–Crippen MR) is 120 cm³/mol. The van der Waals surface area contributed by atoms with E-state index in [1.54, 1.807) is 17.0 Å². The van der Waals surface area contributed by atoms with Gasteiger partial charge in [0.15, 0.2) is 0 Å². The number of ether oxygens (including phenoxy) is 2. The number of piperidine rings is 1. The Kier molecular flexibility index (Phi) is 7.60. The summed E-state index contributed by atoms with van der Waals surface area (Å²) in [5.74, 6) is 0.278. The molecule has 1 aliphatic heterocycles. The fourth-order valence-electron chi connectivity index (χ4n) is 4.67. The van der Waals surface area contributed by atoms with Crippen LogP contribution in [0.25, 0.3) is 0 Å². The van der Waals surface area contributed by atoms with Crippen molar-refractivity contribution in [1.82, 2.24) is 4.90 Å². The SMILES string of the molecule is O=C(O)Cc1ccc(COCC2CC2C2CCN(C(=O)OCc3ccccc3)CC2)c(F)c1. The minimum atomic E-state index is -0.979. The summed E-state index contributed by atoms with van der Waals surface area (Å²) in [4.78, 5) is 24.9. The summed E-state index contributed by atoms with van der Waals surface area (Å²) in [7, 11) is 0. The van der Waals surface area contributed by atoms with Crippen molar-refractivity contribution in [3.05, 3.63) is 71.0 Å². The van der Waals surface area contributed by atoms with Gasteiger partial charge in [0.1, 0.15) is 12.4 Å². The van der Waals surface area contributed by atoms with Crippen LogP contribution in [-0.2, 0) is 33.9 Å². The molecule has 7 heteroatoms. The van der Waals surface area contributed by atoms with E-state index in [1.807, 2.05) is 30.3 Å². The average molecular weight is 456 g/mol. The van der Waals surface area contributed by atoms with E-state index in [9.17, 15) is 14.0 Å². The summed E-state index contributed by atoms with van der Waals surface area (Å²) in [6, 6.07) is 14.2. The maximum Gasteiger partial charge on any atom is 0.410 e. The van der Waals surface area contributed by atoms with Crippen LogP contribution >= 0.6 is 0 Å². The van der Waals surface area contributed by atoms with Crippen LogP contribution in [0.4, 0.5) is 9.18 Å². The second-order valence-corrected chi connectivity index (χ2v) is 9.04. The van der Waals surface area contributed by atoms with Crippen molar-refractivity contribution in [3.63, 3.8) is 0 Å². The van der Waals surface area contributed by atoms with Crippen LogP contribution in [0, 0.1) is 23.6 Å². The molecule has 0 bridgehead atoms. The molecule has 0 spiro atoms. The van der Waals surface area contributed by atoms with Gasteiger partial charge < -0.3 is 19.5 Å². The van der Waals surface area contributed by atoms with E-state index in [-0.39, 0.29) is 19.1 Å². The summed E-state index contributed by atoms with van der Waals surface area (Å²) in [6.45, 7) is 2.52. The number of hydrogen-bond acceptors (Lipinski definition) is 4. The number of carbonyl (C=O) groups excluding carboxylic acids is 1. The van der Waals surface area contributed by atoms with E-state index < -0.39 is 11.8 Å². The van der Waals surface area contributed by atoms with E-state index in [4.69, 9.17) is 14.6 Å². The molecular weight excluding hydrogens is 425 g/mol. The molecule has 0 aromatic heterocycles. The molecule has 1 aliphatic carbocycles. The Morgan fingerprint density at radius 1 is 1.03 bits per heavy atom. The lowest BCUT2D eigenvalue weighted by molar-refractivity contribution is -0.136. The van der Waals surface area contributed by atoms with Gasteiger partial charge in [-0.3, -0.25) is 4.79 Å². The Hall–Kier alpha value is -2.93. The zero-order valence-corrected chi connectivity index (χ0v) is 18.6. The Morgan fingerprint density at radius 3 is 2.48 bits per heavy atom. The van der Waals surface area contributed by atoms with Crippen molar-refractivity contribution in [3.8, 4) is 0 Å². The number of carbonyl (C=O) groups is 2. The first-order valence-electron chi connectivity index (χ1n) is 11.5. The van der Waals surface area contributed by atoms with E-state index in [0.29, 0.717) is 42.1 Å². The van der Waals surface area contributed by atoms with Gasteiger partial charge in [-0.25, -0.2) is 9.18 Å². The van der Waals surface area contributed by atoms with Crippen molar-refractivity contribution in [2.24, 2.45) is 17.8 Å². The van der Waals surface area contributed by atoms with Crippen molar-refractivity contribution in [2.45, 2.75) is 38.9 Å². The maximum atomic E-state index is 14.1. The second-order valence-electron chi connectivity index (χ2n) is 9.04. The third kappa shape index (κ3) is 6.54. The van der Waals surface area contributed by atoms with Gasteiger partial charge in [0.05, 0.1) is 19.6 Å². The molecular formula is C26H30FNO5. The van der Waals surface area contributed by atoms with Crippen LogP contribution in [0.2, 0.25) is 0 Å². The topological polar surface area (TPSA) is 76.1 Å². The van der Waals surface area contributed by atoms with Crippen LogP contribution in [-0.4, -0.2) is 41.8 Å². The summed E-state index contributed by atoms with van der Waals surface area (Å²) < 4.78 is 25.3. The molecule has 1 saturated carbocycles. The standard InChI is InChI=1S/C26H30FNO5/c27-24-12-19(13-25(29)30)6-7-21(24)16-32-17-22-14-23(22)20-8-10-28(11-9-20)26(31)33-15-18-4-2-1-3-5-18/h1-7,12,20,22-23H,8-11,13-17H2,(H,29,30). The van der Waals surface area contributed by atoms with E-state index in [0.717, 1.165) is 37.9 Å². The fourth-order valence-corrected chi connectivity index (χ4v) is 4.67. The van der Waals surface area contributed by atoms with Crippen LogP contribution in [0.15, 0.2) is 48.5 Å². The molecule has 2 atom stereocenters. The van der Waals surface area contributed by atoms with Gasteiger partial charge in [-0.1, -0.05) is 42.5 Å². The smallest absolute Gasteiger partial charge is 0.410 e. The van der Waals surface area contributed by atoms with Crippen LogP contribution in [0.1, 0.15) is 36.0 Å². The predicted octanol–water partition coefficient (Wildman–Crippen LogP) is 4.65. The van der Waals surface area contributed by atoms with Gasteiger partial charge >= 0.3 is 12.1 Å². The molecule has 1 heterocycles. The lowest BCUT2D eigenvalue weighted by Gasteiger charge is -2.31. The number of carboxylic acid groups (broad SMARTS) is 1. The van der Waals surface area contributed by atoms with Crippen LogP contribution < -0.4 is 0 Å². The zero-order valence-electron chi connectivity index (χ0n) is 18.6. The molecule has 2 unspecified atom stereocenters. The van der Waals surface area contributed by atoms with Gasteiger partial charge in [0.25, 0.3) is 0 Å². The summed E-state index contributed by atoms with van der Waals surface area (Å²) in [5.41, 5.74) is 1.88. The van der Waals surface area contributed by atoms with Gasteiger partial charge in [-0.05, 0) is 54.2 Å². The number of halogens is 1. The summed E-state index contributed by atoms with van der Waals surface area (Å²) >= 11 is 0. The molecule has 2 aromatic rings. The molecule has 1 N–H and O–H groups in total. The molecule has 2 aliphatic rings. The molecule has 6 nitrogen and oxygen atoms in total. The molecule has 1 saturated heterocycles. The molecule has 0 radical (unpaired) electrons. The third-order valence-corrected chi connectivity index (χ3v) is 6.65. The summed E-state index contributed by atoms with van der Waals surface area (Å²) in [5, 5.41) is 8.80. The highest BCUT2D eigenvalue weighted by molar-refractivity contribution is 5.70. The van der Waals surface area contributed by atoms with Crippen LogP contribution in [0.5, 0.6) is 0 Å². The minimum Gasteiger partial charge on any atom is -0.481 e. The number of aliphatic carboxylic acids is 1. The quantitative estimate of drug-likeness (QED) is 0.596. The van der Waals surface area contributed by atoms with Gasteiger partial charge in [-0.15, -0.1) is 0 Å². The Balaban J connectivity index is 1.13. The van der Waals surface area contributed by atoms with Crippen LogP contribution in [0.3, 0.4) is 0 Å². The highest BCUT2D eigenvalue weighted by Gasteiger charge is 2.44. The van der Waals surface area contributed by atoms with E-state index in [1.165, 1.54) is 6.07 Å². The largest absolute Gasteiger partial charge is 0.481 e. The Bertz CT molecular complexity index is 958. The molecule has 4 rings (SSSR count). The van der Waals surface area contributed by atoms with Gasteiger partial charge in [0.2, 0.25) is 0 Å². The maximum absolute atomic E-state index is 14.1. The van der Waals surface area contributed by atoms with Gasteiger partial charge in [-0.2, -0.15) is 0 Å². The summed E-state index contributed by atoms with van der Waals surface area (Å²) in [6.07, 6.45) is 2.63. The minimum absolute atomic E-state index is 0.189. The lowest BCUT2D eigenvalue weighted by atomic mass is 9.91. The Morgan fingerprint density at radius 2 is 1.79 bits per heavy atom.